The number of fused-ring (bicyclic) bond motifs is 12. The molecule has 0 aliphatic heterocycles. The highest BCUT2D eigenvalue weighted by Gasteiger charge is 2.23. The molecule has 0 amide bonds. The predicted octanol–water partition coefficient (Wildman–Crippen LogP) is 1.09. The third-order valence-corrected chi connectivity index (χ3v) is 13.1. The molecular formula is C51H20B10N4. The summed E-state index contributed by atoms with van der Waals surface area (Å²) < 4.78 is 2.39. The molecule has 65 heavy (non-hydrogen) atoms. The van der Waals surface area contributed by atoms with Crippen LogP contribution >= 0.6 is 0 Å². The van der Waals surface area contributed by atoms with Gasteiger partial charge in [0.25, 0.3) is 0 Å². The summed E-state index contributed by atoms with van der Waals surface area (Å²) in [5, 5.41) is 11.3. The normalized spacial score (nSPS) is 12.0. The Hall–Kier alpha value is -6.78. The van der Waals surface area contributed by atoms with Gasteiger partial charge in [0.2, 0.25) is 0 Å². The van der Waals surface area contributed by atoms with Crippen LogP contribution in [-0.2, 0) is 0 Å². The quantitative estimate of drug-likeness (QED) is 0.198. The third kappa shape index (κ3) is 5.62. The van der Waals surface area contributed by atoms with Gasteiger partial charge in [-0.2, -0.15) is 0 Å². The van der Waals surface area contributed by atoms with Crippen molar-refractivity contribution < 1.29 is 0 Å². The smallest absolute Gasteiger partial charge is 0.164 e. The lowest BCUT2D eigenvalue weighted by molar-refractivity contribution is 1.08. The number of benzene rings is 9. The fraction of sp³-hybridized carbons (Fsp3) is 0. The molecule has 20 radical (unpaired) electrons. The van der Waals surface area contributed by atoms with Crippen molar-refractivity contribution in [3.63, 3.8) is 0 Å². The van der Waals surface area contributed by atoms with E-state index >= 15 is 0 Å². The Balaban J connectivity index is 1.08. The molecule has 12 aromatic rings. The van der Waals surface area contributed by atoms with Crippen LogP contribution in [0, 0.1) is 0 Å². The molecule has 12 rings (SSSR count). The monoisotopic (exact) mass is 798 g/mol. The van der Waals surface area contributed by atoms with Gasteiger partial charge in [0, 0.05) is 38.2 Å². The minimum Gasteiger partial charge on any atom is -0.308 e. The highest BCUT2D eigenvalue weighted by atomic mass is 15.0. The van der Waals surface area contributed by atoms with E-state index in [1.165, 1.54) is 38.1 Å². The van der Waals surface area contributed by atoms with Gasteiger partial charge in [-0.05, 0) is 73.8 Å². The minimum atomic E-state index is 0.0272. The maximum Gasteiger partial charge on any atom is 0.164 e. The van der Waals surface area contributed by atoms with Crippen molar-refractivity contribution in [2.24, 2.45) is 0 Å². The summed E-state index contributed by atoms with van der Waals surface area (Å²) in [5.41, 5.74) is 7.10. The van der Waals surface area contributed by atoms with Crippen LogP contribution in [0.2, 0.25) is 0 Å². The predicted molar refractivity (Wildman–Crippen MR) is 283 cm³/mol. The van der Waals surface area contributed by atoms with Gasteiger partial charge >= 0.3 is 0 Å². The molecule has 0 saturated carbocycles. The van der Waals surface area contributed by atoms with Gasteiger partial charge in [0.1, 0.15) is 78.5 Å². The minimum absolute atomic E-state index is 0.0272. The fourth-order valence-corrected chi connectivity index (χ4v) is 9.80. The second kappa shape index (κ2) is 14.4. The van der Waals surface area contributed by atoms with Crippen LogP contribution in [0.25, 0.3) is 116 Å². The molecule has 4 nitrogen and oxygen atoms in total. The van der Waals surface area contributed by atoms with Gasteiger partial charge in [-0.3, -0.25) is 0 Å². The number of rotatable bonds is 4. The summed E-state index contributed by atoms with van der Waals surface area (Å²) in [7, 11) is 63.9. The van der Waals surface area contributed by atoms with Crippen LogP contribution in [-0.4, -0.2) is 97.8 Å². The molecule has 14 heteroatoms. The van der Waals surface area contributed by atoms with Gasteiger partial charge in [-0.25, -0.2) is 15.0 Å². The first-order valence-electron chi connectivity index (χ1n) is 20.8. The maximum absolute atomic E-state index is 6.56. The summed E-state index contributed by atoms with van der Waals surface area (Å²) in [5.74, 6) is 0.299. The highest BCUT2D eigenvalue weighted by molar-refractivity contribution is 6.70. The van der Waals surface area contributed by atoms with Crippen molar-refractivity contribution in [2.45, 2.75) is 0 Å². The van der Waals surface area contributed by atoms with E-state index in [1.54, 1.807) is 0 Å². The first kappa shape index (κ1) is 39.8. The average Bonchev–Trinajstić information content (AvgIpc) is 3.86. The van der Waals surface area contributed by atoms with Crippen LogP contribution in [0.15, 0.2) is 121 Å². The first-order chi connectivity index (χ1) is 31.4. The Morgan fingerprint density at radius 1 is 0.277 bits per heavy atom. The number of hydrogen-bond acceptors (Lipinski definition) is 3. The first-order valence-corrected chi connectivity index (χ1v) is 20.8. The molecule has 3 heterocycles. The van der Waals surface area contributed by atoms with E-state index in [9.17, 15) is 0 Å². The van der Waals surface area contributed by atoms with Crippen LogP contribution in [0.1, 0.15) is 0 Å². The Bertz CT molecular complexity index is 3940. The van der Waals surface area contributed by atoms with Crippen LogP contribution in [0.4, 0.5) is 0 Å². The van der Waals surface area contributed by atoms with Gasteiger partial charge < -0.3 is 4.40 Å². The molecule has 0 saturated heterocycles. The molecule has 0 bridgehead atoms. The number of para-hydroxylation sites is 2. The standard InChI is InChI=1S/C51H20B10N4/c52-38-36(39(53)43(57)46(60)42(38)56)50-62-49(63-51(64-50)37-40(54)44(58)47(61)45(59)41(37)55)23-13-16-26-24-6-1-2-7-25(24)31-18-21(12-15-27(31)32(26)20-23)22-14-17-35-33(19-22)30-10-5-9-29-28-8-3-4-11-34(28)65(35)48(29)30/h1-20H. The third-order valence-electron chi connectivity index (χ3n) is 13.1. The van der Waals surface area contributed by atoms with Crippen LogP contribution in [0.5, 0.6) is 0 Å². The molecule has 9 aromatic carbocycles. The van der Waals surface area contributed by atoms with E-state index in [4.69, 9.17) is 93.4 Å². The fourth-order valence-electron chi connectivity index (χ4n) is 9.80. The molecule has 0 spiro atoms. The molecule has 0 fully saturated rings. The van der Waals surface area contributed by atoms with Crippen molar-refractivity contribution in [1.29, 1.82) is 0 Å². The molecule has 0 N–H and O–H groups in total. The SMILES string of the molecule is [B]c1c([B])c([B])c(-c2nc(-c3ccc4c5ccccc5c5cc(-c6ccc7c(c6)c6cccc8c9ccccc9n7c86)ccc5c4c3)nc(-c3c([B])c([B])c([B])c([B])c3[B])n2)c([B])c1[B]. The molecule has 274 valence electrons. The van der Waals surface area contributed by atoms with Crippen molar-refractivity contribution >= 4 is 204 Å². The lowest BCUT2D eigenvalue weighted by Crippen LogP contribution is -2.55. The van der Waals surface area contributed by atoms with Gasteiger partial charge in [0.15, 0.2) is 17.5 Å². The molecular weight excluding hydrogens is 777 g/mol. The zero-order valence-electron chi connectivity index (χ0n) is 34.6. The van der Waals surface area contributed by atoms with Gasteiger partial charge in [-0.15, -0.1) is 32.8 Å². The summed E-state index contributed by atoms with van der Waals surface area (Å²) in [6, 6.07) is 43.1. The number of nitrogens with zero attached hydrogens (tertiary/aromatic N) is 4. The molecule has 0 atom stereocenters. The number of aromatic nitrogens is 4. The Kier molecular flexibility index (Phi) is 8.79. The molecule has 0 aliphatic rings. The van der Waals surface area contributed by atoms with E-state index in [-0.39, 0.29) is 83.2 Å². The van der Waals surface area contributed by atoms with Crippen LogP contribution < -0.4 is 54.6 Å². The maximum atomic E-state index is 6.56. The number of hydrogen-bond donors (Lipinski definition) is 0. The summed E-state index contributed by atoms with van der Waals surface area (Å²) in [6.45, 7) is 0. The van der Waals surface area contributed by atoms with E-state index in [0.29, 0.717) is 5.56 Å². The lowest BCUT2D eigenvalue weighted by atomic mass is 9.60. The lowest BCUT2D eigenvalue weighted by Gasteiger charge is -2.23. The average molecular weight is 797 g/mol. The zero-order chi connectivity index (χ0) is 44.7. The Morgan fingerprint density at radius 2 is 0.646 bits per heavy atom. The van der Waals surface area contributed by atoms with Crippen molar-refractivity contribution in [3.05, 3.63) is 121 Å². The highest BCUT2D eigenvalue weighted by Crippen LogP contribution is 2.42. The van der Waals surface area contributed by atoms with Crippen molar-refractivity contribution in [1.82, 2.24) is 19.4 Å². The summed E-state index contributed by atoms with van der Waals surface area (Å²) in [6.07, 6.45) is 0. The summed E-state index contributed by atoms with van der Waals surface area (Å²) in [4.78, 5) is 14.6. The van der Waals surface area contributed by atoms with Gasteiger partial charge in [0.05, 0.1) is 16.6 Å². The zero-order valence-corrected chi connectivity index (χ0v) is 34.6. The van der Waals surface area contributed by atoms with E-state index < -0.39 is 0 Å². The van der Waals surface area contributed by atoms with E-state index in [2.05, 4.69) is 114 Å². The van der Waals surface area contributed by atoms with Crippen molar-refractivity contribution in [2.75, 3.05) is 0 Å². The Labute approximate surface area is 387 Å². The van der Waals surface area contributed by atoms with E-state index in [0.717, 1.165) is 43.4 Å². The molecule has 0 unspecified atom stereocenters. The molecule has 3 aromatic heterocycles. The largest absolute Gasteiger partial charge is 0.308 e. The van der Waals surface area contributed by atoms with Crippen LogP contribution in [0.3, 0.4) is 0 Å². The van der Waals surface area contributed by atoms with Crippen molar-refractivity contribution in [3.8, 4) is 45.3 Å². The second-order valence-corrected chi connectivity index (χ2v) is 16.5. The van der Waals surface area contributed by atoms with Gasteiger partial charge in [-0.1, -0.05) is 113 Å². The topological polar surface area (TPSA) is 43.1 Å². The second-order valence-electron chi connectivity index (χ2n) is 16.5. The Morgan fingerprint density at radius 3 is 1.23 bits per heavy atom. The summed E-state index contributed by atoms with van der Waals surface area (Å²) >= 11 is 0. The van der Waals surface area contributed by atoms with E-state index in [1.807, 2.05) is 12.1 Å². The molecule has 0 aliphatic carbocycles.